The van der Waals surface area contributed by atoms with Crippen LogP contribution in [0.1, 0.15) is 29.8 Å². The molecular weight excluding hydrogens is 343 g/mol. The van der Waals surface area contributed by atoms with Crippen molar-refractivity contribution in [2.24, 2.45) is 0 Å². The Bertz CT molecular complexity index is 836. The molecule has 0 fully saturated rings. The fourth-order valence-electron chi connectivity index (χ4n) is 2.42. The molecule has 0 saturated carbocycles. The zero-order valence-corrected chi connectivity index (χ0v) is 15.0. The SMILES string of the molecule is CCNS(=O)(=O)c1ccc(C(=O)N(CC)Cc2cccc(F)c2)cc1. The van der Waals surface area contributed by atoms with Gasteiger partial charge < -0.3 is 4.90 Å². The maximum absolute atomic E-state index is 13.3. The number of amides is 1. The molecule has 0 aliphatic heterocycles. The van der Waals surface area contributed by atoms with Crippen molar-refractivity contribution in [3.8, 4) is 0 Å². The molecule has 134 valence electrons. The molecular formula is C18H21FN2O3S. The highest BCUT2D eigenvalue weighted by Gasteiger charge is 2.17. The van der Waals surface area contributed by atoms with Crippen LogP contribution in [-0.2, 0) is 16.6 Å². The summed E-state index contributed by atoms with van der Waals surface area (Å²) in [4.78, 5) is 14.3. The lowest BCUT2D eigenvalue weighted by Gasteiger charge is -2.21. The number of rotatable bonds is 7. The fourth-order valence-corrected chi connectivity index (χ4v) is 3.46. The Balaban J connectivity index is 2.17. The summed E-state index contributed by atoms with van der Waals surface area (Å²) in [6, 6.07) is 11.9. The number of carbonyl (C=O) groups is 1. The summed E-state index contributed by atoms with van der Waals surface area (Å²) in [6.07, 6.45) is 0. The molecule has 1 amide bonds. The first-order chi connectivity index (χ1) is 11.9. The van der Waals surface area contributed by atoms with Gasteiger partial charge in [-0.3, -0.25) is 4.79 Å². The van der Waals surface area contributed by atoms with Crippen LogP contribution in [0.25, 0.3) is 0 Å². The molecule has 25 heavy (non-hydrogen) atoms. The third kappa shape index (κ3) is 4.87. The van der Waals surface area contributed by atoms with Crippen LogP contribution in [0, 0.1) is 5.82 Å². The standard InChI is InChI=1S/C18H21FN2O3S/c1-3-20-25(23,24)17-10-8-15(9-11-17)18(22)21(4-2)13-14-6-5-7-16(19)12-14/h5-12,20H,3-4,13H2,1-2H3. The molecule has 0 unspecified atom stereocenters. The minimum Gasteiger partial charge on any atom is -0.335 e. The lowest BCUT2D eigenvalue weighted by Crippen LogP contribution is -2.30. The molecule has 0 aliphatic carbocycles. The second-order valence-corrected chi connectivity index (χ2v) is 7.24. The Morgan fingerprint density at radius 1 is 1.12 bits per heavy atom. The third-order valence-corrected chi connectivity index (χ3v) is 5.24. The van der Waals surface area contributed by atoms with Crippen LogP contribution in [0.3, 0.4) is 0 Å². The van der Waals surface area contributed by atoms with E-state index in [2.05, 4.69) is 4.72 Å². The predicted molar refractivity (Wildman–Crippen MR) is 94.1 cm³/mol. The third-order valence-electron chi connectivity index (χ3n) is 3.68. The number of nitrogens with one attached hydrogen (secondary N) is 1. The molecule has 0 atom stereocenters. The smallest absolute Gasteiger partial charge is 0.254 e. The Hall–Kier alpha value is -2.25. The first kappa shape index (κ1) is 19.1. The van der Waals surface area contributed by atoms with Crippen LogP contribution < -0.4 is 4.72 Å². The Morgan fingerprint density at radius 3 is 2.36 bits per heavy atom. The largest absolute Gasteiger partial charge is 0.335 e. The van der Waals surface area contributed by atoms with Crippen LogP contribution in [0.2, 0.25) is 0 Å². The van der Waals surface area contributed by atoms with Crippen molar-refractivity contribution < 1.29 is 17.6 Å². The van der Waals surface area contributed by atoms with Gasteiger partial charge in [0.1, 0.15) is 5.82 Å². The van der Waals surface area contributed by atoms with Gasteiger partial charge in [0.25, 0.3) is 5.91 Å². The highest BCUT2D eigenvalue weighted by Crippen LogP contribution is 2.14. The van der Waals surface area contributed by atoms with Crippen LogP contribution in [0.15, 0.2) is 53.4 Å². The van der Waals surface area contributed by atoms with Crippen LogP contribution in [0.4, 0.5) is 4.39 Å². The average molecular weight is 364 g/mol. The number of benzene rings is 2. The predicted octanol–water partition coefficient (Wildman–Crippen LogP) is 2.79. The van der Waals surface area contributed by atoms with Gasteiger partial charge in [0, 0.05) is 25.2 Å². The van der Waals surface area contributed by atoms with E-state index in [0.29, 0.717) is 24.2 Å². The minimum atomic E-state index is -3.55. The first-order valence-corrected chi connectivity index (χ1v) is 9.49. The minimum absolute atomic E-state index is 0.110. The van der Waals surface area contributed by atoms with Crippen molar-refractivity contribution in [3.63, 3.8) is 0 Å². The highest BCUT2D eigenvalue weighted by atomic mass is 32.2. The summed E-state index contributed by atoms with van der Waals surface area (Å²) in [5.41, 5.74) is 1.08. The molecule has 0 spiro atoms. The van der Waals surface area contributed by atoms with Gasteiger partial charge in [-0.05, 0) is 48.9 Å². The maximum Gasteiger partial charge on any atom is 0.254 e. The van der Waals surface area contributed by atoms with E-state index in [1.807, 2.05) is 6.92 Å². The summed E-state index contributed by atoms with van der Waals surface area (Å²) in [7, 11) is -3.55. The second-order valence-electron chi connectivity index (χ2n) is 5.47. The monoisotopic (exact) mass is 364 g/mol. The summed E-state index contributed by atoms with van der Waals surface area (Å²) < 4.78 is 39.6. The van der Waals surface area contributed by atoms with E-state index in [0.717, 1.165) is 0 Å². The number of nitrogens with zero attached hydrogens (tertiary/aromatic N) is 1. The number of carbonyl (C=O) groups excluding carboxylic acids is 1. The van der Waals surface area contributed by atoms with E-state index in [1.54, 1.807) is 24.0 Å². The van der Waals surface area contributed by atoms with Crippen LogP contribution in [0.5, 0.6) is 0 Å². The van der Waals surface area contributed by atoms with Gasteiger partial charge in [-0.25, -0.2) is 17.5 Å². The van der Waals surface area contributed by atoms with Gasteiger partial charge >= 0.3 is 0 Å². The van der Waals surface area contributed by atoms with Crippen LogP contribution >= 0.6 is 0 Å². The quantitative estimate of drug-likeness (QED) is 0.821. The van der Waals surface area contributed by atoms with E-state index in [-0.39, 0.29) is 23.2 Å². The molecule has 2 aromatic rings. The van der Waals surface area contributed by atoms with E-state index in [9.17, 15) is 17.6 Å². The summed E-state index contributed by atoms with van der Waals surface area (Å²) in [5.74, 6) is -0.585. The van der Waals surface area contributed by atoms with Crippen molar-refractivity contribution in [3.05, 3.63) is 65.5 Å². The molecule has 0 aromatic heterocycles. The zero-order valence-electron chi connectivity index (χ0n) is 14.2. The van der Waals surface area contributed by atoms with E-state index in [1.165, 1.54) is 36.4 Å². The average Bonchev–Trinajstić information content (AvgIpc) is 2.59. The van der Waals surface area contributed by atoms with Crippen molar-refractivity contribution in [1.29, 1.82) is 0 Å². The van der Waals surface area contributed by atoms with E-state index < -0.39 is 10.0 Å². The molecule has 0 saturated heterocycles. The molecule has 0 aliphatic rings. The number of hydrogen-bond acceptors (Lipinski definition) is 3. The first-order valence-electron chi connectivity index (χ1n) is 8.00. The summed E-state index contributed by atoms with van der Waals surface area (Å²) >= 11 is 0. The fraction of sp³-hybridized carbons (Fsp3) is 0.278. The highest BCUT2D eigenvalue weighted by molar-refractivity contribution is 7.89. The van der Waals surface area contributed by atoms with E-state index >= 15 is 0 Å². The summed E-state index contributed by atoms with van der Waals surface area (Å²) in [5, 5.41) is 0. The lowest BCUT2D eigenvalue weighted by atomic mass is 10.1. The molecule has 0 bridgehead atoms. The Labute approximate surface area is 147 Å². The number of halogens is 1. The molecule has 2 rings (SSSR count). The van der Waals surface area contributed by atoms with Gasteiger partial charge in [-0.1, -0.05) is 19.1 Å². The number of sulfonamides is 1. The van der Waals surface area contributed by atoms with Crippen LogP contribution in [-0.4, -0.2) is 32.3 Å². The maximum atomic E-state index is 13.3. The molecule has 7 heteroatoms. The lowest BCUT2D eigenvalue weighted by molar-refractivity contribution is 0.0752. The van der Waals surface area contributed by atoms with E-state index in [4.69, 9.17) is 0 Å². The molecule has 5 nitrogen and oxygen atoms in total. The Morgan fingerprint density at radius 2 is 1.80 bits per heavy atom. The molecule has 0 radical (unpaired) electrons. The Kier molecular flexibility index (Phi) is 6.27. The molecule has 2 aromatic carbocycles. The normalized spacial score (nSPS) is 11.3. The van der Waals surface area contributed by atoms with Crippen molar-refractivity contribution >= 4 is 15.9 Å². The summed E-state index contributed by atoms with van der Waals surface area (Å²) in [6.45, 7) is 4.56. The van der Waals surface area contributed by atoms with Gasteiger partial charge in [-0.15, -0.1) is 0 Å². The van der Waals surface area contributed by atoms with Gasteiger partial charge in [-0.2, -0.15) is 0 Å². The number of hydrogen-bond donors (Lipinski definition) is 1. The topological polar surface area (TPSA) is 66.5 Å². The van der Waals surface area contributed by atoms with Crippen molar-refractivity contribution in [2.75, 3.05) is 13.1 Å². The zero-order chi connectivity index (χ0) is 18.4. The van der Waals surface area contributed by atoms with Crippen molar-refractivity contribution in [2.45, 2.75) is 25.3 Å². The van der Waals surface area contributed by atoms with Gasteiger partial charge in [0.05, 0.1) is 4.90 Å². The molecule has 0 heterocycles. The second kappa shape index (κ2) is 8.22. The van der Waals surface area contributed by atoms with Gasteiger partial charge in [0.2, 0.25) is 10.0 Å². The van der Waals surface area contributed by atoms with Crippen molar-refractivity contribution in [1.82, 2.24) is 9.62 Å². The van der Waals surface area contributed by atoms with Gasteiger partial charge in [0.15, 0.2) is 0 Å². The molecule has 1 N–H and O–H groups in total.